The van der Waals surface area contributed by atoms with Crippen molar-refractivity contribution in [3.63, 3.8) is 0 Å². The first-order chi connectivity index (χ1) is 9.36. The Labute approximate surface area is 128 Å². The molecule has 112 valence electrons. The third kappa shape index (κ3) is 5.28. The van der Waals surface area contributed by atoms with Crippen LogP contribution < -0.4 is 10.0 Å². The van der Waals surface area contributed by atoms with Gasteiger partial charge in [0.25, 0.3) is 0 Å². The van der Waals surface area contributed by atoms with Gasteiger partial charge in [-0.15, -0.1) is 0 Å². The molecule has 1 aromatic carbocycles. The number of hydrogen-bond donors (Lipinski definition) is 2. The minimum Gasteiger partial charge on any atom is -0.355 e. The lowest BCUT2D eigenvalue weighted by Gasteiger charge is -2.09. The maximum atomic E-state index is 12.0. The summed E-state index contributed by atoms with van der Waals surface area (Å²) in [6, 6.07) is 4.11. The van der Waals surface area contributed by atoms with Crippen LogP contribution in [0.5, 0.6) is 0 Å². The largest absolute Gasteiger partial charge is 0.355 e. The van der Waals surface area contributed by atoms with Gasteiger partial charge < -0.3 is 5.32 Å². The SMILES string of the molecule is CCCCNC(=O)CNS(=O)(=O)c1cc(Cl)ccc1Cl. The lowest BCUT2D eigenvalue weighted by atomic mass is 10.3. The summed E-state index contributed by atoms with van der Waals surface area (Å²) in [4.78, 5) is 11.3. The van der Waals surface area contributed by atoms with Gasteiger partial charge in [-0.3, -0.25) is 4.79 Å². The van der Waals surface area contributed by atoms with E-state index in [0.717, 1.165) is 12.8 Å². The Kier molecular flexibility index (Phi) is 6.75. The van der Waals surface area contributed by atoms with Gasteiger partial charge in [0, 0.05) is 11.6 Å². The molecular formula is C12H16Cl2N2O3S. The lowest BCUT2D eigenvalue weighted by Crippen LogP contribution is -2.37. The molecule has 0 radical (unpaired) electrons. The molecule has 0 heterocycles. The van der Waals surface area contributed by atoms with Crippen molar-refractivity contribution in [2.45, 2.75) is 24.7 Å². The highest BCUT2D eigenvalue weighted by Gasteiger charge is 2.19. The van der Waals surface area contributed by atoms with Crippen LogP contribution >= 0.6 is 23.2 Å². The van der Waals surface area contributed by atoms with E-state index in [1.165, 1.54) is 18.2 Å². The summed E-state index contributed by atoms with van der Waals surface area (Å²) in [7, 11) is -3.87. The van der Waals surface area contributed by atoms with Gasteiger partial charge in [0.15, 0.2) is 0 Å². The average molecular weight is 339 g/mol. The number of carbonyl (C=O) groups is 1. The molecule has 2 N–H and O–H groups in total. The van der Waals surface area contributed by atoms with Crippen LogP contribution in [0, 0.1) is 0 Å². The third-order valence-corrected chi connectivity index (χ3v) is 4.58. The van der Waals surface area contributed by atoms with Crippen molar-refractivity contribution in [1.29, 1.82) is 0 Å². The topological polar surface area (TPSA) is 75.3 Å². The maximum absolute atomic E-state index is 12.0. The van der Waals surface area contributed by atoms with Crippen LogP contribution in [0.2, 0.25) is 10.0 Å². The monoisotopic (exact) mass is 338 g/mol. The van der Waals surface area contributed by atoms with Gasteiger partial charge >= 0.3 is 0 Å². The summed E-state index contributed by atoms with van der Waals surface area (Å²) in [6.07, 6.45) is 1.79. The van der Waals surface area contributed by atoms with Crippen molar-refractivity contribution in [3.05, 3.63) is 28.2 Å². The minimum atomic E-state index is -3.87. The van der Waals surface area contributed by atoms with Gasteiger partial charge in [-0.1, -0.05) is 36.5 Å². The predicted octanol–water partition coefficient (Wildman–Crippen LogP) is 2.19. The number of nitrogens with one attached hydrogen (secondary N) is 2. The molecule has 0 atom stereocenters. The number of amides is 1. The lowest BCUT2D eigenvalue weighted by molar-refractivity contribution is -0.119. The minimum absolute atomic E-state index is 0.0493. The molecule has 0 aliphatic carbocycles. The molecule has 20 heavy (non-hydrogen) atoms. The van der Waals surface area contributed by atoms with Crippen LogP contribution in [0.3, 0.4) is 0 Å². The fourth-order valence-electron chi connectivity index (χ4n) is 1.39. The van der Waals surface area contributed by atoms with E-state index in [2.05, 4.69) is 10.0 Å². The number of rotatable bonds is 7. The predicted molar refractivity (Wildman–Crippen MR) is 79.6 cm³/mol. The van der Waals surface area contributed by atoms with Crippen LogP contribution in [0.4, 0.5) is 0 Å². The first-order valence-electron chi connectivity index (χ1n) is 6.08. The van der Waals surface area contributed by atoms with E-state index in [4.69, 9.17) is 23.2 Å². The van der Waals surface area contributed by atoms with Crippen molar-refractivity contribution in [2.24, 2.45) is 0 Å². The molecular weight excluding hydrogens is 323 g/mol. The number of hydrogen-bond acceptors (Lipinski definition) is 3. The van der Waals surface area contributed by atoms with E-state index in [9.17, 15) is 13.2 Å². The van der Waals surface area contributed by atoms with Gasteiger partial charge in [0.2, 0.25) is 15.9 Å². The number of unbranched alkanes of at least 4 members (excludes halogenated alkanes) is 1. The zero-order valence-electron chi connectivity index (χ0n) is 10.9. The molecule has 8 heteroatoms. The second-order valence-electron chi connectivity index (χ2n) is 4.10. The van der Waals surface area contributed by atoms with Crippen LogP contribution in [0.15, 0.2) is 23.1 Å². The average Bonchev–Trinajstić information content (AvgIpc) is 2.39. The Balaban J connectivity index is 2.66. The summed E-state index contributed by atoms with van der Waals surface area (Å²) >= 11 is 11.6. The summed E-state index contributed by atoms with van der Waals surface area (Å²) in [5.74, 6) is -0.389. The summed E-state index contributed by atoms with van der Waals surface area (Å²) in [5.41, 5.74) is 0. The fraction of sp³-hybridized carbons (Fsp3) is 0.417. The van der Waals surface area contributed by atoms with Gasteiger partial charge in [-0.05, 0) is 24.6 Å². The first-order valence-corrected chi connectivity index (χ1v) is 8.32. The molecule has 0 aromatic heterocycles. The van der Waals surface area contributed by atoms with E-state index in [1.807, 2.05) is 6.92 Å². The summed E-state index contributed by atoms with van der Waals surface area (Å²) in [6.45, 7) is 2.18. The fourth-order valence-corrected chi connectivity index (χ4v) is 3.13. The molecule has 0 aliphatic rings. The van der Waals surface area contributed by atoms with Gasteiger partial charge in [-0.25, -0.2) is 13.1 Å². The molecule has 0 spiro atoms. The molecule has 1 aromatic rings. The highest BCUT2D eigenvalue weighted by atomic mass is 35.5. The molecule has 0 saturated heterocycles. The molecule has 0 aliphatic heterocycles. The molecule has 0 saturated carbocycles. The number of halogens is 2. The van der Waals surface area contributed by atoms with E-state index >= 15 is 0 Å². The quantitative estimate of drug-likeness (QED) is 0.748. The number of sulfonamides is 1. The normalized spacial score (nSPS) is 11.3. The highest BCUT2D eigenvalue weighted by Crippen LogP contribution is 2.24. The highest BCUT2D eigenvalue weighted by molar-refractivity contribution is 7.89. The van der Waals surface area contributed by atoms with E-state index in [-0.39, 0.29) is 27.4 Å². The van der Waals surface area contributed by atoms with Gasteiger partial charge in [0.1, 0.15) is 4.90 Å². The number of benzene rings is 1. The molecule has 1 rings (SSSR count). The van der Waals surface area contributed by atoms with Crippen molar-refractivity contribution in [1.82, 2.24) is 10.0 Å². The van der Waals surface area contributed by atoms with Gasteiger partial charge in [0.05, 0.1) is 11.6 Å². The molecule has 0 bridgehead atoms. The Morgan fingerprint density at radius 3 is 2.65 bits per heavy atom. The second-order valence-corrected chi connectivity index (χ2v) is 6.68. The van der Waals surface area contributed by atoms with Crippen LogP contribution in [0.1, 0.15) is 19.8 Å². The molecule has 5 nitrogen and oxygen atoms in total. The molecule has 0 fully saturated rings. The molecule has 0 unspecified atom stereocenters. The first kappa shape index (κ1) is 17.2. The third-order valence-electron chi connectivity index (χ3n) is 2.46. The Morgan fingerprint density at radius 1 is 1.30 bits per heavy atom. The summed E-state index contributed by atoms with van der Waals surface area (Å²) < 4.78 is 26.2. The Hall–Kier alpha value is -0.820. The number of carbonyl (C=O) groups excluding carboxylic acids is 1. The van der Waals surface area contributed by atoms with Crippen molar-refractivity contribution < 1.29 is 13.2 Å². The Bertz CT molecular complexity index is 576. The van der Waals surface area contributed by atoms with Crippen LogP contribution in [-0.2, 0) is 14.8 Å². The Morgan fingerprint density at radius 2 is 2.00 bits per heavy atom. The smallest absolute Gasteiger partial charge is 0.242 e. The van der Waals surface area contributed by atoms with E-state index < -0.39 is 10.0 Å². The van der Waals surface area contributed by atoms with Crippen molar-refractivity contribution in [3.8, 4) is 0 Å². The zero-order chi connectivity index (χ0) is 15.2. The van der Waals surface area contributed by atoms with Crippen molar-refractivity contribution >= 4 is 39.1 Å². The standard InChI is InChI=1S/C12H16Cl2N2O3S/c1-2-3-6-15-12(17)8-16-20(18,19)11-7-9(13)4-5-10(11)14/h4-5,7,16H,2-3,6,8H2,1H3,(H,15,17). The van der Waals surface area contributed by atoms with Gasteiger partial charge in [-0.2, -0.15) is 0 Å². The summed E-state index contributed by atoms with van der Waals surface area (Å²) in [5, 5.41) is 2.91. The van der Waals surface area contributed by atoms with E-state index in [1.54, 1.807) is 0 Å². The zero-order valence-corrected chi connectivity index (χ0v) is 13.3. The second kappa shape index (κ2) is 7.83. The molecule has 1 amide bonds. The van der Waals surface area contributed by atoms with E-state index in [0.29, 0.717) is 6.54 Å². The van der Waals surface area contributed by atoms with Crippen molar-refractivity contribution in [2.75, 3.05) is 13.1 Å². The maximum Gasteiger partial charge on any atom is 0.242 e. The van der Waals surface area contributed by atoms with Crippen LogP contribution in [-0.4, -0.2) is 27.4 Å². The van der Waals surface area contributed by atoms with Crippen LogP contribution in [0.25, 0.3) is 0 Å².